The van der Waals surface area contributed by atoms with Gasteiger partial charge in [0.05, 0.1) is 17.1 Å². The normalized spacial score (nSPS) is 22.0. The number of para-hydroxylation sites is 2. The highest BCUT2D eigenvalue weighted by Gasteiger charge is 2.32. The van der Waals surface area contributed by atoms with Crippen molar-refractivity contribution in [3.05, 3.63) is 30.1 Å². The van der Waals surface area contributed by atoms with Gasteiger partial charge in [-0.15, -0.1) is 0 Å². The third kappa shape index (κ3) is 3.31. The van der Waals surface area contributed by atoms with Gasteiger partial charge in [-0.25, -0.2) is 4.98 Å². The van der Waals surface area contributed by atoms with E-state index in [1.165, 1.54) is 44.0 Å². The number of hydrogen-bond acceptors (Lipinski definition) is 2. The first-order valence-electron chi connectivity index (χ1n) is 9.96. The van der Waals surface area contributed by atoms with Crippen molar-refractivity contribution >= 4 is 16.9 Å². The molecule has 2 aliphatic rings. The van der Waals surface area contributed by atoms with Gasteiger partial charge in [0.2, 0.25) is 5.91 Å². The molecule has 134 valence electrons. The average Bonchev–Trinajstić information content (AvgIpc) is 3.25. The molecule has 1 saturated heterocycles. The van der Waals surface area contributed by atoms with Crippen LogP contribution in [0.15, 0.2) is 24.3 Å². The lowest BCUT2D eigenvalue weighted by atomic mass is 9.87. The van der Waals surface area contributed by atoms with Crippen molar-refractivity contribution in [3.63, 3.8) is 0 Å². The van der Waals surface area contributed by atoms with Crippen molar-refractivity contribution in [3.8, 4) is 0 Å². The summed E-state index contributed by atoms with van der Waals surface area (Å²) >= 11 is 0. The van der Waals surface area contributed by atoms with E-state index in [2.05, 4.69) is 28.8 Å². The van der Waals surface area contributed by atoms with E-state index in [0.29, 0.717) is 0 Å². The van der Waals surface area contributed by atoms with Crippen molar-refractivity contribution in [2.45, 2.75) is 70.9 Å². The Morgan fingerprint density at radius 3 is 2.72 bits per heavy atom. The molecular formula is C21H29N3O. The molecule has 0 bridgehead atoms. The molecule has 2 aromatic rings. The Balaban J connectivity index is 1.64. The molecule has 0 radical (unpaired) electrons. The van der Waals surface area contributed by atoms with Crippen LogP contribution in [0.2, 0.25) is 0 Å². The molecule has 4 rings (SSSR count). The monoisotopic (exact) mass is 339 g/mol. The molecule has 0 unspecified atom stereocenters. The zero-order valence-corrected chi connectivity index (χ0v) is 15.3. The van der Waals surface area contributed by atoms with Crippen LogP contribution in [-0.2, 0) is 11.3 Å². The summed E-state index contributed by atoms with van der Waals surface area (Å²) in [5.74, 6) is 2.13. The second-order valence-electron chi connectivity index (χ2n) is 7.77. The molecule has 4 heteroatoms. The fourth-order valence-electron chi connectivity index (χ4n) is 4.78. The smallest absolute Gasteiger partial charge is 0.220 e. The number of likely N-dealkylation sites (tertiary alicyclic amines) is 1. The molecule has 1 aliphatic carbocycles. The van der Waals surface area contributed by atoms with Gasteiger partial charge in [0.15, 0.2) is 0 Å². The minimum absolute atomic E-state index is 0.149. The minimum atomic E-state index is 0.149. The van der Waals surface area contributed by atoms with Crippen molar-refractivity contribution in [2.75, 3.05) is 6.54 Å². The molecule has 1 atom stereocenters. The highest BCUT2D eigenvalue weighted by Crippen LogP contribution is 2.34. The Bertz CT molecular complexity index is 745. The van der Waals surface area contributed by atoms with Gasteiger partial charge in [-0.2, -0.15) is 0 Å². The molecule has 1 amide bonds. The zero-order valence-electron chi connectivity index (χ0n) is 15.3. The summed E-state index contributed by atoms with van der Waals surface area (Å²) in [5, 5.41) is 0. The van der Waals surface area contributed by atoms with Crippen LogP contribution >= 0.6 is 0 Å². The molecule has 1 aliphatic heterocycles. The molecule has 2 heterocycles. The Morgan fingerprint density at radius 2 is 1.92 bits per heavy atom. The first-order valence-corrected chi connectivity index (χ1v) is 9.96. The third-order valence-electron chi connectivity index (χ3n) is 6.13. The Labute approximate surface area is 150 Å². The second-order valence-corrected chi connectivity index (χ2v) is 7.77. The van der Waals surface area contributed by atoms with Gasteiger partial charge in [0.25, 0.3) is 0 Å². The Kier molecular flexibility index (Phi) is 4.78. The number of fused-ring (bicyclic) bond motifs is 1. The van der Waals surface area contributed by atoms with Gasteiger partial charge in [-0.3, -0.25) is 4.79 Å². The van der Waals surface area contributed by atoms with E-state index in [4.69, 9.17) is 4.98 Å². The summed E-state index contributed by atoms with van der Waals surface area (Å²) in [5.41, 5.74) is 2.29. The highest BCUT2D eigenvalue weighted by atomic mass is 16.2. The van der Waals surface area contributed by atoms with Crippen LogP contribution in [-0.4, -0.2) is 26.9 Å². The largest absolute Gasteiger partial charge is 0.333 e. The molecular weight excluding hydrogens is 310 g/mol. The summed E-state index contributed by atoms with van der Waals surface area (Å²) in [7, 11) is 0. The molecule has 0 spiro atoms. The fraction of sp³-hybridized carbons (Fsp3) is 0.619. The Morgan fingerprint density at radius 1 is 1.12 bits per heavy atom. The number of aromatic nitrogens is 2. The summed E-state index contributed by atoms with van der Waals surface area (Å²) in [4.78, 5) is 19.0. The molecule has 1 aromatic carbocycles. The second kappa shape index (κ2) is 7.19. The van der Waals surface area contributed by atoms with Crippen LogP contribution in [0.1, 0.15) is 70.2 Å². The van der Waals surface area contributed by atoms with Gasteiger partial charge in [0, 0.05) is 20.0 Å². The van der Waals surface area contributed by atoms with Crippen molar-refractivity contribution in [1.29, 1.82) is 0 Å². The summed E-state index contributed by atoms with van der Waals surface area (Å²) in [6, 6.07) is 8.59. The van der Waals surface area contributed by atoms with E-state index in [1.54, 1.807) is 6.92 Å². The summed E-state index contributed by atoms with van der Waals surface area (Å²) in [6.07, 6.45) is 10.3. The van der Waals surface area contributed by atoms with E-state index in [-0.39, 0.29) is 11.9 Å². The lowest BCUT2D eigenvalue weighted by Crippen LogP contribution is -2.30. The highest BCUT2D eigenvalue weighted by molar-refractivity contribution is 5.77. The maximum Gasteiger partial charge on any atom is 0.220 e. The maximum absolute atomic E-state index is 12.1. The van der Waals surface area contributed by atoms with E-state index >= 15 is 0 Å². The summed E-state index contributed by atoms with van der Waals surface area (Å²) in [6.45, 7) is 3.59. The lowest BCUT2D eigenvalue weighted by molar-refractivity contribution is -0.129. The molecule has 4 nitrogen and oxygen atoms in total. The van der Waals surface area contributed by atoms with Crippen LogP contribution in [0.3, 0.4) is 0 Å². The molecule has 1 saturated carbocycles. The van der Waals surface area contributed by atoms with E-state index in [1.807, 2.05) is 4.90 Å². The summed E-state index contributed by atoms with van der Waals surface area (Å²) < 4.78 is 2.41. The van der Waals surface area contributed by atoms with Crippen LogP contribution in [0.25, 0.3) is 11.0 Å². The standard InChI is InChI=1S/C21H29N3O/c1-16(25)23-14-7-12-20(23)21-22-18-10-5-6-11-19(18)24(21)15-13-17-8-3-2-4-9-17/h5-6,10-11,17,20H,2-4,7-9,12-15H2,1H3/t20-/m1/s1. The molecule has 1 aromatic heterocycles. The number of nitrogens with zero attached hydrogens (tertiary/aromatic N) is 3. The number of imidazole rings is 1. The van der Waals surface area contributed by atoms with Crippen LogP contribution in [0.4, 0.5) is 0 Å². The predicted octanol–water partition coefficient (Wildman–Crippen LogP) is 4.69. The molecule has 2 fully saturated rings. The van der Waals surface area contributed by atoms with Crippen LogP contribution in [0.5, 0.6) is 0 Å². The number of rotatable bonds is 4. The fourth-order valence-corrected chi connectivity index (χ4v) is 4.78. The van der Waals surface area contributed by atoms with Gasteiger partial charge >= 0.3 is 0 Å². The number of carbonyl (C=O) groups excluding carboxylic acids is 1. The topological polar surface area (TPSA) is 38.1 Å². The number of carbonyl (C=O) groups is 1. The first-order chi connectivity index (χ1) is 12.2. The zero-order chi connectivity index (χ0) is 17.2. The van der Waals surface area contributed by atoms with E-state index in [9.17, 15) is 4.79 Å². The van der Waals surface area contributed by atoms with Gasteiger partial charge in [-0.1, -0.05) is 44.2 Å². The first kappa shape index (κ1) is 16.6. The number of amides is 1. The Hall–Kier alpha value is -1.84. The van der Waals surface area contributed by atoms with Crippen LogP contribution in [0, 0.1) is 5.92 Å². The maximum atomic E-state index is 12.1. The lowest BCUT2D eigenvalue weighted by Gasteiger charge is -2.25. The van der Waals surface area contributed by atoms with Crippen LogP contribution < -0.4 is 0 Å². The average molecular weight is 339 g/mol. The molecule has 25 heavy (non-hydrogen) atoms. The quantitative estimate of drug-likeness (QED) is 0.810. The van der Waals surface area contributed by atoms with Gasteiger partial charge < -0.3 is 9.47 Å². The van der Waals surface area contributed by atoms with Crippen molar-refractivity contribution in [1.82, 2.24) is 14.5 Å². The minimum Gasteiger partial charge on any atom is -0.333 e. The SMILES string of the molecule is CC(=O)N1CCC[C@@H]1c1nc2ccccc2n1CCC1CCCCC1. The van der Waals surface area contributed by atoms with E-state index < -0.39 is 0 Å². The third-order valence-corrected chi connectivity index (χ3v) is 6.13. The van der Waals surface area contributed by atoms with E-state index in [0.717, 1.165) is 43.2 Å². The number of aryl methyl sites for hydroxylation is 1. The van der Waals surface area contributed by atoms with Gasteiger partial charge in [-0.05, 0) is 37.3 Å². The van der Waals surface area contributed by atoms with Gasteiger partial charge in [0.1, 0.15) is 5.82 Å². The predicted molar refractivity (Wildman–Crippen MR) is 100 cm³/mol. The number of hydrogen-bond donors (Lipinski definition) is 0. The molecule has 0 N–H and O–H groups in total. The van der Waals surface area contributed by atoms with Crippen molar-refractivity contribution in [2.24, 2.45) is 5.92 Å². The van der Waals surface area contributed by atoms with Crippen molar-refractivity contribution < 1.29 is 4.79 Å². The number of benzene rings is 1.